The molecule has 0 aliphatic heterocycles. The van der Waals surface area contributed by atoms with Gasteiger partial charge in [0.15, 0.2) is 15.8 Å². The molecule has 1 N–H and O–H groups in total. The highest BCUT2D eigenvalue weighted by atomic mass is 127. The van der Waals surface area contributed by atoms with Crippen molar-refractivity contribution in [3.8, 4) is 0 Å². The lowest BCUT2D eigenvalue weighted by molar-refractivity contribution is 0.470. The number of hydrogen-bond acceptors (Lipinski definition) is 5. The summed E-state index contributed by atoms with van der Waals surface area (Å²) in [6.07, 6.45) is 1.24. The summed E-state index contributed by atoms with van der Waals surface area (Å²) >= 11 is 1.64. The zero-order chi connectivity index (χ0) is 18.4. The molecule has 0 aliphatic carbocycles. The van der Waals surface area contributed by atoms with Crippen LogP contribution in [-0.4, -0.2) is 44.6 Å². The number of aryl methyl sites for hydroxylation is 1. The van der Waals surface area contributed by atoms with Gasteiger partial charge in [-0.3, -0.25) is 4.99 Å². The first-order chi connectivity index (χ1) is 11.8. The van der Waals surface area contributed by atoms with Crippen LogP contribution in [-0.2, 0) is 28.7 Å². The van der Waals surface area contributed by atoms with Gasteiger partial charge in [0, 0.05) is 32.3 Å². The molecule has 1 heterocycles. The maximum atomic E-state index is 11.3. The van der Waals surface area contributed by atoms with E-state index in [1.807, 2.05) is 43.1 Å². The van der Waals surface area contributed by atoms with Crippen molar-refractivity contribution in [1.82, 2.24) is 15.2 Å². The van der Waals surface area contributed by atoms with Crippen LogP contribution in [0.2, 0.25) is 0 Å². The Morgan fingerprint density at radius 3 is 2.38 bits per heavy atom. The van der Waals surface area contributed by atoms with Gasteiger partial charge < -0.3 is 10.2 Å². The molecule has 0 unspecified atom stereocenters. The van der Waals surface area contributed by atoms with Crippen molar-refractivity contribution in [2.24, 2.45) is 4.99 Å². The molecule has 0 bridgehead atoms. The fourth-order valence-corrected chi connectivity index (χ4v) is 3.82. The monoisotopic (exact) mass is 508 g/mol. The first-order valence-corrected chi connectivity index (χ1v) is 10.8. The van der Waals surface area contributed by atoms with Gasteiger partial charge in [-0.25, -0.2) is 13.4 Å². The zero-order valence-electron chi connectivity index (χ0n) is 15.4. The summed E-state index contributed by atoms with van der Waals surface area (Å²) in [5.41, 5.74) is 2.89. The van der Waals surface area contributed by atoms with Gasteiger partial charge in [0.2, 0.25) is 0 Å². The fraction of sp³-hybridized carbons (Fsp3) is 0.412. The van der Waals surface area contributed by atoms with Gasteiger partial charge in [-0.1, -0.05) is 24.3 Å². The minimum atomic E-state index is -3.01. The average Bonchev–Trinajstić information content (AvgIpc) is 2.93. The summed E-state index contributed by atoms with van der Waals surface area (Å²) in [4.78, 5) is 10.8. The van der Waals surface area contributed by atoms with Gasteiger partial charge >= 0.3 is 0 Å². The number of aromatic nitrogens is 1. The number of halogens is 1. The van der Waals surface area contributed by atoms with Gasteiger partial charge in [0.1, 0.15) is 0 Å². The molecule has 9 heteroatoms. The molecule has 0 fully saturated rings. The molecular formula is C17H25IN4O2S2. The number of sulfone groups is 1. The summed E-state index contributed by atoms with van der Waals surface area (Å²) in [5, 5.41) is 6.42. The highest BCUT2D eigenvalue weighted by Gasteiger charge is 2.09. The largest absolute Gasteiger partial charge is 0.352 e. The third-order valence-electron chi connectivity index (χ3n) is 3.54. The quantitative estimate of drug-likeness (QED) is 0.369. The third-order valence-corrected chi connectivity index (χ3v) is 5.22. The Hall–Kier alpha value is -1.20. The number of nitrogens with one attached hydrogen (secondary N) is 1. The predicted molar refractivity (Wildman–Crippen MR) is 119 cm³/mol. The van der Waals surface area contributed by atoms with Crippen molar-refractivity contribution in [1.29, 1.82) is 0 Å². The number of rotatable bonds is 6. The van der Waals surface area contributed by atoms with E-state index in [0.29, 0.717) is 13.1 Å². The lowest BCUT2D eigenvalue weighted by Gasteiger charge is -2.21. The Bertz CT molecular complexity index is 833. The zero-order valence-corrected chi connectivity index (χ0v) is 19.4. The Balaban J connectivity index is 0.00000338. The number of nitrogens with zero attached hydrogens (tertiary/aromatic N) is 3. The van der Waals surface area contributed by atoms with Gasteiger partial charge in [-0.15, -0.1) is 35.3 Å². The molecule has 0 radical (unpaired) electrons. The SMILES string of the molecule is CN=C(NCc1ccc(CS(C)(=O)=O)cc1)N(C)Cc1csc(C)n1.I. The van der Waals surface area contributed by atoms with Crippen LogP contribution in [0.3, 0.4) is 0 Å². The average molecular weight is 508 g/mol. The molecule has 1 aromatic heterocycles. The highest BCUT2D eigenvalue weighted by Crippen LogP contribution is 2.10. The van der Waals surface area contributed by atoms with E-state index in [9.17, 15) is 8.42 Å². The first kappa shape index (κ1) is 22.8. The molecule has 0 saturated carbocycles. The number of benzene rings is 1. The number of hydrogen-bond donors (Lipinski definition) is 1. The number of guanidine groups is 1. The molecule has 0 spiro atoms. The Labute approximate surface area is 176 Å². The maximum Gasteiger partial charge on any atom is 0.194 e. The summed E-state index contributed by atoms with van der Waals surface area (Å²) in [6.45, 7) is 3.30. The molecule has 144 valence electrons. The lowest BCUT2D eigenvalue weighted by Crippen LogP contribution is -2.38. The Morgan fingerprint density at radius 1 is 1.27 bits per heavy atom. The molecule has 6 nitrogen and oxygen atoms in total. The minimum absolute atomic E-state index is 0. The van der Waals surface area contributed by atoms with Gasteiger partial charge in [-0.2, -0.15) is 0 Å². The van der Waals surface area contributed by atoms with Crippen LogP contribution in [0, 0.1) is 6.92 Å². The van der Waals surface area contributed by atoms with Crippen LogP contribution < -0.4 is 5.32 Å². The van der Waals surface area contributed by atoms with Crippen molar-refractivity contribution in [2.75, 3.05) is 20.4 Å². The summed E-state index contributed by atoms with van der Waals surface area (Å²) in [5.74, 6) is 0.851. The van der Waals surface area contributed by atoms with Crippen molar-refractivity contribution in [3.63, 3.8) is 0 Å². The van der Waals surface area contributed by atoms with Gasteiger partial charge in [-0.05, 0) is 18.1 Å². The van der Waals surface area contributed by atoms with Crippen LogP contribution in [0.15, 0.2) is 34.6 Å². The second-order valence-corrected chi connectivity index (χ2v) is 9.20. The van der Waals surface area contributed by atoms with Crippen molar-refractivity contribution in [3.05, 3.63) is 51.5 Å². The van der Waals surface area contributed by atoms with Crippen molar-refractivity contribution >= 4 is 51.1 Å². The number of thiazole rings is 1. The standard InChI is InChI=1S/C17H24N4O2S2.HI/c1-13-20-16(11-24-13)10-21(3)17(18-2)19-9-14-5-7-15(8-6-14)12-25(4,22)23;/h5-8,11H,9-10,12H2,1-4H3,(H,18,19);1H. The summed E-state index contributed by atoms with van der Waals surface area (Å²) in [7, 11) is 0.716. The van der Waals surface area contributed by atoms with E-state index in [1.54, 1.807) is 18.4 Å². The fourth-order valence-electron chi connectivity index (χ4n) is 2.42. The van der Waals surface area contributed by atoms with E-state index in [1.165, 1.54) is 6.26 Å². The number of aliphatic imine (C=N–C) groups is 1. The van der Waals surface area contributed by atoms with E-state index in [0.717, 1.165) is 27.8 Å². The van der Waals surface area contributed by atoms with E-state index in [4.69, 9.17) is 0 Å². The second-order valence-electron chi connectivity index (χ2n) is 6.00. The summed E-state index contributed by atoms with van der Waals surface area (Å²) in [6, 6.07) is 7.57. The molecule has 0 saturated heterocycles. The third kappa shape index (κ3) is 7.58. The lowest BCUT2D eigenvalue weighted by atomic mass is 10.1. The normalized spacial score (nSPS) is 11.8. The van der Waals surface area contributed by atoms with Crippen LogP contribution in [0.5, 0.6) is 0 Å². The van der Waals surface area contributed by atoms with E-state index >= 15 is 0 Å². The summed E-state index contributed by atoms with van der Waals surface area (Å²) < 4.78 is 22.7. The molecule has 0 aliphatic rings. The van der Waals surface area contributed by atoms with E-state index < -0.39 is 9.84 Å². The molecule has 1 aromatic carbocycles. The van der Waals surface area contributed by atoms with Crippen molar-refractivity contribution in [2.45, 2.75) is 25.8 Å². The molecule has 26 heavy (non-hydrogen) atoms. The molecule has 2 aromatic rings. The predicted octanol–water partition coefficient (Wildman–Crippen LogP) is 2.82. The van der Waals surface area contributed by atoms with Crippen molar-refractivity contribution < 1.29 is 8.42 Å². The topological polar surface area (TPSA) is 74.7 Å². The Morgan fingerprint density at radius 2 is 1.88 bits per heavy atom. The molecule has 2 rings (SSSR count). The molecular weight excluding hydrogens is 483 g/mol. The second kappa shape index (κ2) is 10.2. The maximum absolute atomic E-state index is 11.3. The first-order valence-electron chi connectivity index (χ1n) is 7.85. The van der Waals surface area contributed by atoms with Crippen LogP contribution in [0.1, 0.15) is 21.8 Å². The van der Waals surface area contributed by atoms with E-state index in [-0.39, 0.29) is 29.7 Å². The van der Waals surface area contributed by atoms with Gasteiger partial charge in [0.05, 0.1) is 23.0 Å². The Kier molecular flexibility index (Phi) is 8.97. The van der Waals surface area contributed by atoms with Crippen LogP contribution in [0.4, 0.5) is 0 Å². The molecule has 0 atom stereocenters. The van der Waals surface area contributed by atoms with Crippen LogP contribution in [0.25, 0.3) is 0 Å². The minimum Gasteiger partial charge on any atom is -0.352 e. The van der Waals surface area contributed by atoms with E-state index in [2.05, 4.69) is 20.7 Å². The van der Waals surface area contributed by atoms with Crippen LogP contribution >= 0.6 is 35.3 Å². The molecule has 0 amide bonds. The van der Waals surface area contributed by atoms with Gasteiger partial charge in [0.25, 0.3) is 0 Å². The highest BCUT2D eigenvalue weighted by molar-refractivity contribution is 14.0. The smallest absolute Gasteiger partial charge is 0.194 e.